The average molecular weight is 435 g/mol. The summed E-state index contributed by atoms with van der Waals surface area (Å²) in [5.41, 5.74) is 0. The Balaban J connectivity index is 1.75. The molecule has 88 valence electrons. The quantitative estimate of drug-likeness (QED) is 0.284. The van der Waals surface area contributed by atoms with Crippen molar-refractivity contribution in [2.75, 3.05) is 43.8 Å². The van der Waals surface area contributed by atoms with Gasteiger partial charge in [-0.25, -0.2) is 3.11 Å². The Bertz CT molecular complexity index is 187. The number of piperidine rings is 1. The van der Waals surface area contributed by atoms with Crippen LogP contribution in [-0.2, 0) is 0 Å². The lowest BCUT2D eigenvalue weighted by atomic mass is 10.0. The molecule has 2 saturated heterocycles. The summed E-state index contributed by atoms with van der Waals surface area (Å²) in [6.07, 6.45) is 2.74. The molecule has 5 heteroatoms. The first kappa shape index (κ1) is 12.8. The zero-order valence-electron chi connectivity index (χ0n) is 9.04. The van der Waals surface area contributed by atoms with Gasteiger partial charge in [0.05, 0.1) is 4.55 Å². The van der Waals surface area contributed by atoms with E-state index in [1.807, 2.05) is 0 Å². The average Bonchev–Trinajstić information content (AvgIpc) is 2.30. The smallest absolute Gasteiger partial charge is 0.0506 e. The van der Waals surface area contributed by atoms with Crippen LogP contribution in [0.15, 0.2) is 0 Å². The Morgan fingerprint density at radius 3 is 2.07 bits per heavy atom. The Morgan fingerprint density at radius 1 is 0.933 bits per heavy atom. The predicted molar refractivity (Wildman–Crippen MR) is 80.6 cm³/mol. The van der Waals surface area contributed by atoms with E-state index in [4.69, 9.17) is 0 Å². The van der Waals surface area contributed by atoms with E-state index in [-0.39, 0.29) is 0 Å². The third kappa shape index (κ3) is 3.65. The first-order valence-electron chi connectivity index (χ1n) is 5.72. The monoisotopic (exact) mass is 435 g/mol. The van der Waals surface area contributed by atoms with Gasteiger partial charge in [-0.15, -0.1) is 0 Å². The lowest BCUT2D eigenvalue weighted by molar-refractivity contribution is 0.0860. The summed E-state index contributed by atoms with van der Waals surface area (Å²) in [4.78, 5) is 5.26. The minimum Gasteiger partial charge on any atom is -0.298 e. The first-order valence-corrected chi connectivity index (χ1v) is 8.22. The fourth-order valence-corrected chi connectivity index (χ4v) is 3.69. The molecule has 0 atom stereocenters. The van der Waals surface area contributed by atoms with Crippen LogP contribution in [0.25, 0.3) is 0 Å². The third-order valence-electron chi connectivity index (χ3n) is 3.50. The minimum absolute atomic E-state index is 0.868. The number of piperazine rings is 1. The van der Waals surface area contributed by atoms with Crippen molar-refractivity contribution in [3.05, 3.63) is 0 Å². The summed E-state index contributed by atoms with van der Waals surface area (Å²) >= 11 is 4.92. The number of hydrogen-bond acceptors (Lipinski definition) is 3. The number of rotatable bonds is 2. The van der Waals surface area contributed by atoms with Crippen molar-refractivity contribution in [3.8, 4) is 0 Å². The molecule has 0 spiro atoms. The number of alkyl halides is 1. The van der Waals surface area contributed by atoms with Crippen LogP contribution >= 0.6 is 45.5 Å². The van der Waals surface area contributed by atoms with Gasteiger partial charge in [0.2, 0.25) is 0 Å². The van der Waals surface area contributed by atoms with Crippen molar-refractivity contribution >= 4 is 45.5 Å². The molecule has 0 N–H and O–H groups in total. The van der Waals surface area contributed by atoms with Gasteiger partial charge in [-0.1, -0.05) is 22.6 Å². The molecule has 2 fully saturated rings. The normalized spacial score (nSPS) is 28.4. The van der Waals surface area contributed by atoms with E-state index in [1.54, 1.807) is 0 Å². The highest BCUT2D eigenvalue weighted by atomic mass is 127. The Labute approximate surface area is 120 Å². The van der Waals surface area contributed by atoms with Gasteiger partial charge in [0.15, 0.2) is 0 Å². The molecule has 0 saturated carbocycles. The molecule has 0 aliphatic carbocycles. The Morgan fingerprint density at radius 2 is 1.53 bits per heavy atom. The van der Waals surface area contributed by atoms with Crippen LogP contribution in [0.1, 0.15) is 12.8 Å². The minimum atomic E-state index is 0.868. The predicted octanol–water partition coefficient (Wildman–Crippen LogP) is 1.81. The van der Waals surface area contributed by atoms with Crippen LogP contribution in [0.5, 0.6) is 0 Å². The fourth-order valence-electron chi connectivity index (χ4n) is 2.45. The molecule has 15 heavy (non-hydrogen) atoms. The standard InChI is InChI=1S/C10H19I2N3/c11-9-13-5-7-14(8-6-13)10-1-3-15(12)4-2-10/h10H,1-9H2. The van der Waals surface area contributed by atoms with Crippen molar-refractivity contribution < 1.29 is 0 Å². The summed E-state index contributed by atoms with van der Waals surface area (Å²) in [7, 11) is 0. The summed E-state index contributed by atoms with van der Waals surface area (Å²) < 4.78 is 3.62. The van der Waals surface area contributed by atoms with Gasteiger partial charge < -0.3 is 0 Å². The van der Waals surface area contributed by atoms with Gasteiger partial charge >= 0.3 is 0 Å². The van der Waals surface area contributed by atoms with Gasteiger partial charge in [-0.2, -0.15) is 0 Å². The summed E-state index contributed by atoms with van der Waals surface area (Å²) in [5.74, 6) is 0. The molecule has 0 amide bonds. The maximum absolute atomic E-state index is 2.71. The second-order valence-corrected chi connectivity index (χ2v) is 6.46. The molecule has 2 rings (SSSR count). The fraction of sp³-hybridized carbons (Fsp3) is 1.00. The molecule has 3 nitrogen and oxygen atoms in total. The zero-order valence-corrected chi connectivity index (χ0v) is 13.4. The van der Waals surface area contributed by atoms with E-state index < -0.39 is 0 Å². The zero-order chi connectivity index (χ0) is 10.7. The van der Waals surface area contributed by atoms with Gasteiger partial charge in [0.25, 0.3) is 0 Å². The van der Waals surface area contributed by atoms with Gasteiger partial charge in [-0.3, -0.25) is 9.80 Å². The second-order valence-electron chi connectivity index (χ2n) is 4.41. The molecule has 0 aromatic carbocycles. The largest absolute Gasteiger partial charge is 0.298 e. The van der Waals surface area contributed by atoms with Crippen molar-refractivity contribution in [2.24, 2.45) is 0 Å². The van der Waals surface area contributed by atoms with Gasteiger partial charge in [0.1, 0.15) is 0 Å². The van der Waals surface area contributed by atoms with Crippen LogP contribution in [0, 0.1) is 0 Å². The highest BCUT2D eigenvalue weighted by Gasteiger charge is 2.26. The number of nitrogens with zero attached hydrogens (tertiary/aromatic N) is 3. The maximum atomic E-state index is 2.71. The third-order valence-corrected chi connectivity index (χ3v) is 5.43. The topological polar surface area (TPSA) is 9.72 Å². The SMILES string of the molecule is ICN1CCN(C2CCN(I)CC2)CC1. The second kappa shape index (κ2) is 6.32. The van der Waals surface area contributed by atoms with E-state index in [2.05, 4.69) is 58.4 Å². The van der Waals surface area contributed by atoms with E-state index in [0.717, 1.165) is 6.04 Å². The van der Waals surface area contributed by atoms with Gasteiger partial charge in [-0.05, 0) is 12.8 Å². The maximum Gasteiger partial charge on any atom is 0.0506 e. The van der Waals surface area contributed by atoms with Crippen molar-refractivity contribution in [1.29, 1.82) is 0 Å². The van der Waals surface area contributed by atoms with Crippen LogP contribution in [-0.4, -0.2) is 62.8 Å². The molecular formula is C10H19I2N3. The van der Waals surface area contributed by atoms with Crippen molar-refractivity contribution in [3.63, 3.8) is 0 Å². The number of hydrogen-bond donors (Lipinski definition) is 0. The molecule has 0 bridgehead atoms. The summed E-state index contributed by atoms with van der Waals surface area (Å²) in [6.45, 7) is 7.67. The molecule has 0 unspecified atom stereocenters. The Kier molecular flexibility index (Phi) is 5.39. The lowest BCUT2D eigenvalue weighted by Crippen LogP contribution is -2.52. The van der Waals surface area contributed by atoms with E-state index >= 15 is 0 Å². The summed E-state index contributed by atoms with van der Waals surface area (Å²) in [6, 6.07) is 0.868. The molecule has 2 aliphatic rings. The molecule has 2 aliphatic heterocycles. The highest BCUT2D eigenvalue weighted by molar-refractivity contribution is 14.1. The van der Waals surface area contributed by atoms with E-state index in [1.165, 1.54) is 56.7 Å². The van der Waals surface area contributed by atoms with Crippen molar-refractivity contribution in [2.45, 2.75) is 18.9 Å². The van der Waals surface area contributed by atoms with Crippen LogP contribution in [0.2, 0.25) is 0 Å². The molecule has 0 aromatic heterocycles. The van der Waals surface area contributed by atoms with E-state index in [9.17, 15) is 0 Å². The van der Waals surface area contributed by atoms with Crippen LogP contribution in [0.4, 0.5) is 0 Å². The van der Waals surface area contributed by atoms with Crippen LogP contribution < -0.4 is 0 Å². The van der Waals surface area contributed by atoms with Crippen molar-refractivity contribution in [1.82, 2.24) is 12.9 Å². The number of halogens is 2. The molecule has 0 aromatic rings. The molecule has 2 heterocycles. The van der Waals surface area contributed by atoms with Crippen LogP contribution in [0.3, 0.4) is 0 Å². The van der Waals surface area contributed by atoms with E-state index in [0.29, 0.717) is 0 Å². The Hall–Kier alpha value is 1.34. The molecule has 0 radical (unpaired) electrons. The first-order chi connectivity index (χ1) is 7.29. The lowest BCUT2D eigenvalue weighted by Gasteiger charge is -2.41. The molecular weight excluding hydrogens is 416 g/mol. The summed E-state index contributed by atoms with van der Waals surface area (Å²) in [5, 5.41) is 0. The van der Waals surface area contributed by atoms with Gasteiger partial charge in [0, 0.05) is 68.2 Å². The highest BCUT2D eigenvalue weighted by Crippen LogP contribution is 2.20.